The van der Waals surface area contributed by atoms with Gasteiger partial charge in [-0.05, 0) is 59.7 Å². The van der Waals surface area contributed by atoms with E-state index in [9.17, 15) is 14.4 Å². The first-order valence-electron chi connectivity index (χ1n) is 12.4. The number of hydrogen-bond acceptors (Lipinski definition) is 3. The molecule has 2 aliphatic heterocycles. The average molecular weight is 483 g/mol. The molecule has 0 radical (unpaired) electrons. The lowest BCUT2D eigenvalue weighted by atomic mass is 10.00. The van der Waals surface area contributed by atoms with E-state index in [0.717, 1.165) is 42.6 Å². The highest BCUT2D eigenvalue weighted by Gasteiger charge is 2.22. The van der Waals surface area contributed by atoms with Gasteiger partial charge in [-0.2, -0.15) is 0 Å². The summed E-state index contributed by atoms with van der Waals surface area (Å²) in [6, 6.07) is 23.0. The second kappa shape index (κ2) is 10.6. The fourth-order valence-electron chi connectivity index (χ4n) is 4.92. The fourth-order valence-corrected chi connectivity index (χ4v) is 4.92. The number of carbonyl (C=O) groups is 3. The summed E-state index contributed by atoms with van der Waals surface area (Å²) < 4.78 is 0. The Bertz CT molecular complexity index is 1270. The maximum absolute atomic E-state index is 13.0. The smallest absolute Gasteiger partial charge is 0.319 e. The third kappa shape index (κ3) is 5.40. The van der Waals surface area contributed by atoms with Gasteiger partial charge in [0.2, 0.25) is 11.8 Å². The first-order valence-corrected chi connectivity index (χ1v) is 12.4. The summed E-state index contributed by atoms with van der Waals surface area (Å²) in [5.74, 6) is -0.0350. The highest BCUT2D eigenvalue weighted by atomic mass is 16.2. The number of amides is 4. The molecule has 0 aliphatic carbocycles. The quantitative estimate of drug-likeness (QED) is 0.579. The topological polar surface area (TPSA) is 81.8 Å². The van der Waals surface area contributed by atoms with Crippen molar-refractivity contribution in [2.45, 2.75) is 32.2 Å². The van der Waals surface area contributed by atoms with Gasteiger partial charge in [-0.3, -0.25) is 9.59 Å². The van der Waals surface area contributed by atoms with Gasteiger partial charge in [0.05, 0.1) is 13.0 Å². The summed E-state index contributed by atoms with van der Waals surface area (Å²) in [5.41, 5.74) is 6.14. The Morgan fingerprint density at radius 2 is 1.47 bits per heavy atom. The Kier molecular flexibility index (Phi) is 6.98. The molecule has 0 saturated carbocycles. The number of carbonyl (C=O) groups excluding carboxylic acids is 3. The molecule has 3 aromatic rings. The van der Waals surface area contributed by atoms with Crippen LogP contribution in [-0.4, -0.2) is 42.4 Å². The van der Waals surface area contributed by atoms with Crippen LogP contribution >= 0.6 is 0 Å². The van der Waals surface area contributed by atoms with Gasteiger partial charge in [0.15, 0.2) is 0 Å². The summed E-state index contributed by atoms with van der Waals surface area (Å²) >= 11 is 0. The summed E-state index contributed by atoms with van der Waals surface area (Å²) in [6.07, 6.45) is 3.09. The molecule has 4 amide bonds. The number of benzene rings is 3. The van der Waals surface area contributed by atoms with Crippen LogP contribution in [0.4, 0.5) is 16.2 Å². The molecule has 0 unspecified atom stereocenters. The molecule has 184 valence electrons. The monoisotopic (exact) mass is 482 g/mol. The molecule has 7 heteroatoms. The lowest BCUT2D eigenvalue weighted by Gasteiger charge is -2.29. The minimum atomic E-state index is -0.436. The highest BCUT2D eigenvalue weighted by Crippen LogP contribution is 2.27. The Morgan fingerprint density at radius 3 is 2.28 bits per heavy atom. The predicted molar refractivity (Wildman–Crippen MR) is 140 cm³/mol. The molecule has 36 heavy (non-hydrogen) atoms. The zero-order chi connectivity index (χ0) is 24.9. The molecule has 2 heterocycles. The largest absolute Gasteiger partial charge is 0.336 e. The Balaban J connectivity index is 1.10. The zero-order valence-electron chi connectivity index (χ0n) is 20.2. The molecule has 0 fully saturated rings. The lowest BCUT2D eigenvalue weighted by Crippen LogP contribution is -2.43. The van der Waals surface area contributed by atoms with Crippen LogP contribution in [0.5, 0.6) is 0 Å². The third-order valence-corrected chi connectivity index (χ3v) is 6.86. The van der Waals surface area contributed by atoms with Crippen LogP contribution < -0.4 is 15.5 Å². The van der Waals surface area contributed by atoms with Crippen molar-refractivity contribution < 1.29 is 14.4 Å². The van der Waals surface area contributed by atoms with Crippen molar-refractivity contribution in [1.29, 1.82) is 0 Å². The molecule has 0 bridgehead atoms. The average Bonchev–Trinajstić information content (AvgIpc) is 2.92. The maximum atomic E-state index is 13.0. The maximum Gasteiger partial charge on any atom is 0.319 e. The van der Waals surface area contributed by atoms with E-state index in [1.807, 2.05) is 53.4 Å². The van der Waals surface area contributed by atoms with Crippen LogP contribution in [0, 0.1) is 0 Å². The van der Waals surface area contributed by atoms with Gasteiger partial charge in [-0.15, -0.1) is 0 Å². The van der Waals surface area contributed by atoms with Crippen LogP contribution in [-0.2, 0) is 35.4 Å². The number of hydrogen-bond donors (Lipinski definition) is 2. The number of aryl methyl sites for hydroxylation is 1. The Morgan fingerprint density at radius 1 is 0.750 bits per heavy atom. The van der Waals surface area contributed by atoms with E-state index < -0.39 is 6.03 Å². The summed E-state index contributed by atoms with van der Waals surface area (Å²) in [7, 11) is 0. The summed E-state index contributed by atoms with van der Waals surface area (Å²) in [5, 5.41) is 5.41. The van der Waals surface area contributed by atoms with Gasteiger partial charge in [0.1, 0.15) is 0 Å². The number of para-hydroxylation sites is 1. The molecule has 3 aromatic carbocycles. The van der Waals surface area contributed by atoms with Crippen LogP contribution in [0.25, 0.3) is 0 Å². The Hall–Kier alpha value is -4.13. The molecule has 2 aliphatic rings. The number of anilines is 2. The summed E-state index contributed by atoms with van der Waals surface area (Å²) in [4.78, 5) is 41.5. The minimum Gasteiger partial charge on any atom is -0.336 e. The number of nitrogens with zero attached hydrogens (tertiary/aromatic N) is 2. The standard InChI is InChI=1S/C29H30N4O3/c34-27(33-16-5-9-23-7-3-4-10-26(23)33)18-21-11-13-25(14-12-21)31-29(36)30-19-28(35)32-17-15-22-6-1-2-8-24(22)20-32/h1-4,6-8,10-14H,5,9,15-20H2,(H2,30,31,36). The Labute approximate surface area is 211 Å². The third-order valence-electron chi connectivity index (χ3n) is 6.86. The predicted octanol–water partition coefficient (Wildman–Crippen LogP) is 3.91. The van der Waals surface area contributed by atoms with Crippen LogP contribution in [0.15, 0.2) is 72.8 Å². The van der Waals surface area contributed by atoms with E-state index >= 15 is 0 Å². The van der Waals surface area contributed by atoms with E-state index in [4.69, 9.17) is 0 Å². The van der Waals surface area contributed by atoms with Gasteiger partial charge in [0, 0.05) is 31.0 Å². The molecule has 0 spiro atoms. The van der Waals surface area contributed by atoms with Crippen LogP contribution in [0.2, 0.25) is 0 Å². The van der Waals surface area contributed by atoms with Gasteiger partial charge in [0.25, 0.3) is 0 Å². The fraction of sp³-hybridized carbons (Fsp3) is 0.276. The van der Waals surface area contributed by atoms with Crippen LogP contribution in [0.1, 0.15) is 28.7 Å². The molecular weight excluding hydrogens is 452 g/mol. The highest BCUT2D eigenvalue weighted by molar-refractivity contribution is 5.96. The summed E-state index contributed by atoms with van der Waals surface area (Å²) in [6.45, 7) is 1.90. The first kappa shape index (κ1) is 23.6. The molecule has 0 aromatic heterocycles. The van der Waals surface area contributed by atoms with E-state index in [1.165, 1.54) is 11.1 Å². The van der Waals surface area contributed by atoms with Gasteiger partial charge in [-0.1, -0.05) is 54.6 Å². The lowest BCUT2D eigenvalue weighted by molar-refractivity contribution is -0.131. The second-order valence-electron chi connectivity index (χ2n) is 9.29. The van der Waals surface area contributed by atoms with Crippen molar-refractivity contribution in [1.82, 2.24) is 10.2 Å². The number of rotatable bonds is 5. The molecular formula is C29H30N4O3. The molecule has 5 rings (SSSR count). The van der Waals surface area contributed by atoms with Gasteiger partial charge >= 0.3 is 6.03 Å². The van der Waals surface area contributed by atoms with Crippen molar-refractivity contribution in [3.8, 4) is 0 Å². The van der Waals surface area contributed by atoms with Crippen molar-refractivity contribution in [3.63, 3.8) is 0 Å². The zero-order valence-corrected chi connectivity index (χ0v) is 20.2. The molecule has 7 nitrogen and oxygen atoms in total. The number of urea groups is 1. The molecule has 0 saturated heterocycles. The van der Waals surface area contributed by atoms with Gasteiger partial charge < -0.3 is 20.4 Å². The normalized spacial score (nSPS) is 14.4. The first-order chi connectivity index (χ1) is 17.6. The van der Waals surface area contributed by atoms with Crippen molar-refractivity contribution in [3.05, 3.63) is 95.1 Å². The number of nitrogens with one attached hydrogen (secondary N) is 2. The number of fused-ring (bicyclic) bond motifs is 2. The van der Waals surface area contributed by atoms with Crippen molar-refractivity contribution in [2.24, 2.45) is 0 Å². The molecule has 2 N–H and O–H groups in total. The van der Waals surface area contributed by atoms with E-state index in [0.29, 0.717) is 25.2 Å². The molecule has 0 atom stereocenters. The minimum absolute atomic E-state index is 0.0576. The van der Waals surface area contributed by atoms with Crippen molar-refractivity contribution in [2.75, 3.05) is 29.9 Å². The van der Waals surface area contributed by atoms with Gasteiger partial charge in [-0.25, -0.2) is 4.79 Å². The van der Waals surface area contributed by atoms with Crippen molar-refractivity contribution >= 4 is 29.2 Å². The van der Waals surface area contributed by atoms with Crippen LogP contribution in [0.3, 0.4) is 0 Å². The SMILES string of the molecule is O=C(NCC(=O)N1CCc2ccccc2C1)Nc1ccc(CC(=O)N2CCCc3ccccc32)cc1. The van der Waals surface area contributed by atoms with E-state index in [-0.39, 0.29) is 18.4 Å². The second-order valence-corrected chi connectivity index (χ2v) is 9.29. The van der Waals surface area contributed by atoms with E-state index in [2.05, 4.69) is 22.8 Å². The van der Waals surface area contributed by atoms with E-state index in [1.54, 1.807) is 17.0 Å².